The molecule has 106 valence electrons. The molecule has 5 heteroatoms. The molecule has 0 saturated heterocycles. The third-order valence-electron chi connectivity index (χ3n) is 2.95. The maximum absolute atomic E-state index is 13.6. The number of carbonyl (C=O) groups is 1. The molecule has 19 heavy (non-hydrogen) atoms. The van der Waals surface area contributed by atoms with Crippen LogP contribution in [-0.2, 0) is 11.3 Å². The van der Waals surface area contributed by atoms with Crippen molar-refractivity contribution in [3.05, 3.63) is 35.4 Å². The highest BCUT2D eigenvalue weighted by Gasteiger charge is 2.13. The summed E-state index contributed by atoms with van der Waals surface area (Å²) >= 11 is 0. The van der Waals surface area contributed by atoms with Gasteiger partial charge in [0.1, 0.15) is 11.6 Å². The molecule has 1 N–H and O–H groups in total. The first kappa shape index (κ1) is 15.6. The summed E-state index contributed by atoms with van der Waals surface area (Å²) in [4.78, 5) is 12.5. The van der Waals surface area contributed by atoms with E-state index in [2.05, 4.69) is 0 Å². The van der Waals surface area contributed by atoms with E-state index < -0.39 is 17.6 Å². The predicted molar refractivity (Wildman–Crippen MR) is 68.8 cm³/mol. The number of carboxylic acid groups (broad SMARTS) is 1. The summed E-state index contributed by atoms with van der Waals surface area (Å²) in [6.07, 6.45) is 0.603. The van der Waals surface area contributed by atoms with Gasteiger partial charge >= 0.3 is 5.97 Å². The molecule has 0 aliphatic rings. The first-order valence-corrected chi connectivity index (χ1v) is 6.30. The zero-order chi connectivity index (χ0) is 14.4. The summed E-state index contributed by atoms with van der Waals surface area (Å²) in [6.45, 7) is 4.84. The average molecular weight is 271 g/mol. The van der Waals surface area contributed by atoms with Crippen molar-refractivity contribution in [2.75, 3.05) is 6.54 Å². The van der Waals surface area contributed by atoms with E-state index in [9.17, 15) is 13.6 Å². The quantitative estimate of drug-likeness (QED) is 0.828. The summed E-state index contributed by atoms with van der Waals surface area (Å²) in [5, 5.41) is 8.61. The molecule has 1 aromatic carbocycles. The van der Waals surface area contributed by atoms with Crippen LogP contribution in [0.2, 0.25) is 0 Å². The van der Waals surface area contributed by atoms with E-state index in [0.717, 1.165) is 6.07 Å². The zero-order valence-corrected chi connectivity index (χ0v) is 11.2. The summed E-state index contributed by atoms with van der Waals surface area (Å²) in [5.41, 5.74) is 0.422. The van der Waals surface area contributed by atoms with Crippen molar-refractivity contribution in [3.63, 3.8) is 0 Å². The number of hydrogen-bond acceptors (Lipinski definition) is 2. The predicted octanol–water partition coefficient (Wildman–Crippen LogP) is 3.04. The Morgan fingerprint density at radius 2 is 2.05 bits per heavy atom. The summed E-state index contributed by atoms with van der Waals surface area (Å²) < 4.78 is 26.4. The van der Waals surface area contributed by atoms with Crippen LogP contribution in [0.15, 0.2) is 18.2 Å². The van der Waals surface area contributed by atoms with Crippen LogP contribution in [0, 0.1) is 11.6 Å². The maximum atomic E-state index is 13.6. The topological polar surface area (TPSA) is 40.5 Å². The molecule has 0 spiro atoms. The van der Waals surface area contributed by atoms with Crippen molar-refractivity contribution in [1.82, 2.24) is 4.90 Å². The van der Waals surface area contributed by atoms with E-state index in [1.54, 1.807) is 0 Å². The van der Waals surface area contributed by atoms with Gasteiger partial charge in [-0.15, -0.1) is 0 Å². The number of hydrogen-bond donors (Lipinski definition) is 1. The SMILES string of the molecule is CC(C)N(CCCC(=O)O)Cc1ccc(F)cc1F. The molecule has 0 amide bonds. The summed E-state index contributed by atoms with van der Waals surface area (Å²) in [7, 11) is 0. The Morgan fingerprint density at radius 3 is 2.58 bits per heavy atom. The molecule has 3 nitrogen and oxygen atoms in total. The Bertz CT molecular complexity index is 435. The molecule has 0 bridgehead atoms. The van der Waals surface area contributed by atoms with Gasteiger partial charge in [0.15, 0.2) is 0 Å². The maximum Gasteiger partial charge on any atom is 0.303 e. The average Bonchev–Trinajstić information content (AvgIpc) is 2.30. The van der Waals surface area contributed by atoms with E-state index in [4.69, 9.17) is 5.11 Å². The van der Waals surface area contributed by atoms with E-state index in [0.29, 0.717) is 25.1 Å². The molecule has 0 heterocycles. The number of halogens is 2. The van der Waals surface area contributed by atoms with Crippen LogP contribution in [0.25, 0.3) is 0 Å². The summed E-state index contributed by atoms with van der Waals surface area (Å²) in [5.74, 6) is -2.00. The van der Waals surface area contributed by atoms with Crippen LogP contribution in [0.1, 0.15) is 32.3 Å². The Balaban J connectivity index is 2.64. The van der Waals surface area contributed by atoms with Crippen LogP contribution in [0.4, 0.5) is 8.78 Å². The van der Waals surface area contributed by atoms with Gasteiger partial charge in [-0.1, -0.05) is 6.07 Å². The van der Waals surface area contributed by atoms with Crippen molar-refractivity contribution < 1.29 is 18.7 Å². The second-order valence-corrected chi connectivity index (χ2v) is 4.80. The molecular weight excluding hydrogens is 252 g/mol. The van der Waals surface area contributed by atoms with Gasteiger partial charge in [-0.2, -0.15) is 0 Å². The first-order chi connectivity index (χ1) is 8.90. The van der Waals surface area contributed by atoms with E-state index >= 15 is 0 Å². The van der Waals surface area contributed by atoms with Crippen LogP contribution < -0.4 is 0 Å². The molecule has 0 saturated carbocycles. The van der Waals surface area contributed by atoms with Gasteiger partial charge in [0.05, 0.1) is 0 Å². The molecule has 0 aliphatic carbocycles. The normalized spacial score (nSPS) is 11.3. The van der Waals surface area contributed by atoms with Crippen LogP contribution >= 0.6 is 0 Å². The van der Waals surface area contributed by atoms with Crippen LogP contribution in [0.3, 0.4) is 0 Å². The second-order valence-electron chi connectivity index (χ2n) is 4.80. The number of rotatable bonds is 7. The summed E-state index contributed by atoms with van der Waals surface area (Å²) in [6, 6.07) is 3.69. The van der Waals surface area contributed by atoms with Crippen LogP contribution in [0.5, 0.6) is 0 Å². The first-order valence-electron chi connectivity index (χ1n) is 6.30. The number of benzene rings is 1. The van der Waals surface area contributed by atoms with Gasteiger partial charge < -0.3 is 5.11 Å². The van der Waals surface area contributed by atoms with E-state index in [1.807, 2.05) is 18.7 Å². The van der Waals surface area contributed by atoms with Crippen molar-refractivity contribution in [3.8, 4) is 0 Å². The number of aliphatic carboxylic acids is 1. The monoisotopic (exact) mass is 271 g/mol. The van der Waals surface area contributed by atoms with Gasteiger partial charge in [0, 0.05) is 30.6 Å². The highest BCUT2D eigenvalue weighted by molar-refractivity contribution is 5.66. The lowest BCUT2D eigenvalue weighted by Gasteiger charge is -2.26. The van der Waals surface area contributed by atoms with Crippen molar-refractivity contribution in [2.45, 2.75) is 39.3 Å². The third kappa shape index (κ3) is 5.34. The van der Waals surface area contributed by atoms with Gasteiger partial charge in [-0.3, -0.25) is 9.69 Å². The highest BCUT2D eigenvalue weighted by atomic mass is 19.1. The van der Waals surface area contributed by atoms with Gasteiger partial charge in [0.25, 0.3) is 0 Å². The zero-order valence-electron chi connectivity index (χ0n) is 11.2. The molecule has 0 aliphatic heterocycles. The molecule has 1 rings (SSSR count). The largest absolute Gasteiger partial charge is 0.481 e. The number of nitrogens with zero attached hydrogens (tertiary/aromatic N) is 1. The molecule has 0 aromatic heterocycles. The fourth-order valence-electron chi connectivity index (χ4n) is 1.82. The van der Waals surface area contributed by atoms with E-state index in [-0.39, 0.29) is 12.5 Å². The fraction of sp³-hybridized carbons (Fsp3) is 0.500. The van der Waals surface area contributed by atoms with Gasteiger partial charge in [-0.05, 0) is 32.9 Å². The lowest BCUT2D eigenvalue weighted by atomic mass is 10.1. The highest BCUT2D eigenvalue weighted by Crippen LogP contribution is 2.14. The Kier molecular flexibility index (Phi) is 5.89. The van der Waals surface area contributed by atoms with Gasteiger partial charge in [0.2, 0.25) is 0 Å². The second kappa shape index (κ2) is 7.19. The minimum Gasteiger partial charge on any atom is -0.481 e. The van der Waals surface area contributed by atoms with Crippen molar-refractivity contribution in [2.24, 2.45) is 0 Å². The van der Waals surface area contributed by atoms with Gasteiger partial charge in [-0.25, -0.2) is 8.78 Å². The standard InChI is InChI=1S/C14H19F2NO2/c1-10(2)17(7-3-4-14(18)19)9-11-5-6-12(15)8-13(11)16/h5-6,8,10H,3-4,7,9H2,1-2H3,(H,18,19). The Morgan fingerprint density at radius 1 is 1.37 bits per heavy atom. The molecule has 0 atom stereocenters. The Hall–Kier alpha value is -1.49. The lowest BCUT2D eigenvalue weighted by Crippen LogP contribution is -2.32. The third-order valence-corrected chi connectivity index (χ3v) is 2.95. The van der Waals surface area contributed by atoms with Crippen LogP contribution in [-0.4, -0.2) is 28.6 Å². The van der Waals surface area contributed by atoms with Crippen molar-refractivity contribution >= 4 is 5.97 Å². The molecule has 0 unspecified atom stereocenters. The fourth-order valence-corrected chi connectivity index (χ4v) is 1.82. The molecule has 0 radical (unpaired) electrons. The van der Waals surface area contributed by atoms with Crippen molar-refractivity contribution in [1.29, 1.82) is 0 Å². The Labute approximate surface area is 111 Å². The lowest BCUT2D eigenvalue weighted by molar-refractivity contribution is -0.137. The van der Waals surface area contributed by atoms with E-state index in [1.165, 1.54) is 12.1 Å². The smallest absolute Gasteiger partial charge is 0.303 e. The molecule has 1 aromatic rings. The number of carboxylic acids is 1. The molecular formula is C14H19F2NO2. The minimum atomic E-state index is -0.836. The molecule has 0 fully saturated rings. The minimum absolute atomic E-state index is 0.0924.